The van der Waals surface area contributed by atoms with E-state index in [4.69, 9.17) is 4.74 Å². The van der Waals surface area contributed by atoms with E-state index in [-0.39, 0.29) is 6.61 Å². The summed E-state index contributed by atoms with van der Waals surface area (Å²) >= 11 is 1.72. The standard InChI is InChI=1S/C15H28O3S/c1-4-5-6-7-8-9-10-19-12-14(16)11-18-15(17)13(2)3/h14,16H,2,4-12H2,1,3H3. The van der Waals surface area contributed by atoms with Crippen molar-refractivity contribution in [2.45, 2.75) is 58.5 Å². The van der Waals surface area contributed by atoms with Gasteiger partial charge in [-0.25, -0.2) is 4.79 Å². The predicted molar refractivity (Wildman–Crippen MR) is 82.5 cm³/mol. The van der Waals surface area contributed by atoms with Gasteiger partial charge in [0.15, 0.2) is 0 Å². The lowest BCUT2D eigenvalue weighted by molar-refractivity contribution is -0.141. The molecule has 0 aromatic carbocycles. The van der Waals surface area contributed by atoms with E-state index in [0.29, 0.717) is 11.3 Å². The molecule has 4 heteroatoms. The second-order valence-corrected chi connectivity index (χ2v) is 6.03. The second kappa shape index (κ2) is 12.5. The van der Waals surface area contributed by atoms with Gasteiger partial charge in [0.2, 0.25) is 0 Å². The fourth-order valence-electron chi connectivity index (χ4n) is 1.55. The highest BCUT2D eigenvalue weighted by atomic mass is 32.2. The summed E-state index contributed by atoms with van der Waals surface area (Å²) in [7, 11) is 0. The molecule has 0 amide bonds. The van der Waals surface area contributed by atoms with Gasteiger partial charge in [0.25, 0.3) is 0 Å². The van der Waals surface area contributed by atoms with Crippen LogP contribution in [0, 0.1) is 0 Å². The minimum absolute atomic E-state index is 0.0647. The molecule has 19 heavy (non-hydrogen) atoms. The zero-order valence-electron chi connectivity index (χ0n) is 12.3. The van der Waals surface area contributed by atoms with E-state index < -0.39 is 12.1 Å². The van der Waals surface area contributed by atoms with Crippen molar-refractivity contribution >= 4 is 17.7 Å². The van der Waals surface area contributed by atoms with Crippen LogP contribution in [0.3, 0.4) is 0 Å². The molecule has 0 aliphatic rings. The van der Waals surface area contributed by atoms with Crippen molar-refractivity contribution in [3.8, 4) is 0 Å². The maximum Gasteiger partial charge on any atom is 0.333 e. The summed E-state index contributed by atoms with van der Waals surface area (Å²) in [5.41, 5.74) is 0.368. The van der Waals surface area contributed by atoms with Gasteiger partial charge in [0.05, 0.1) is 6.10 Å². The molecule has 0 bridgehead atoms. The molecule has 0 spiro atoms. The highest BCUT2D eigenvalue weighted by Crippen LogP contribution is 2.11. The molecule has 1 N–H and O–H groups in total. The van der Waals surface area contributed by atoms with Gasteiger partial charge in [0.1, 0.15) is 6.61 Å². The first-order valence-corrected chi connectivity index (χ1v) is 8.31. The summed E-state index contributed by atoms with van der Waals surface area (Å²) in [5, 5.41) is 9.62. The molecule has 3 nitrogen and oxygen atoms in total. The number of aliphatic hydroxyl groups excluding tert-OH is 1. The Morgan fingerprint density at radius 2 is 1.89 bits per heavy atom. The molecule has 0 saturated carbocycles. The first kappa shape index (κ1) is 18.5. The van der Waals surface area contributed by atoms with Crippen LogP contribution in [0.25, 0.3) is 0 Å². The monoisotopic (exact) mass is 288 g/mol. The smallest absolute Gasteiger partial charge is 0.333 e. The zero-order valence-corrected chi connectivity index (χ0v) is 13.1. The molecule has 0 heterocycles. The third-order valence-corrected chi connectivity index (χ3v) is 3.91. The first-order chi connectivity index (χ1) is 9.07. The van der Waals surface area contributed by atoms with Gasteiger partial charge < -0.3 is 9.84 Å². The number of unbranched alkanes of at least 4 members (excludes halogenated alkanes) is 5. The number of esters is 1. The summed E-state index contributed by atoms with van der Waals surface area (Å²) in [4.78, 5) is 11.1. The average molecular weight is 288 g/mol. The van der Waals surface area contributed by atoms with Gasteiger partial charge in [-0.1, -0.05) is 45.6 Å². The van der Waals surface area contributed by atoms with Crippen LogP contribution in [0.2, 0.25) is 0 Å². The van der Waals surface area contributed by atoms with Crippen LogP contribution in [0.5, 0.6) is 0 Å². The Balaban J connectivity index is 3.31. The number of ether oxygens (including phenoxy) is 1. The SMILES string of the molecule is C=C(C)C(=O)OCC(O)CSCCCCCCCC. The fourth-order valence-corrected chi connectivity index (χ4v) is 2.49. The van der Waals surface area contributed by atoms with Crippen LogP contribution in [0.4, 0.5) is 0 Å². The summed E-state index contributed by atoms with van der Waals surface area (Å²) in [5.74, 6) is 1.26. The third-order valence-electron chi connectivity index (χ3n) is 2.71. The molecule has 0 saturated heterocycles. The topological polar surface area (TPSA) is 46.5 Å². The van der Waals surface area contributed by atoms with Crippen molar-refractivity contribution in [3.63, 3.8) is 0 Å². The molecular weight excluding hydrogens is 260 g/mol. The molecule has 0 aliphatic heterocycles. The Morgan fingerprint density at radius 3 is 2.53 bits per heavy atom. The number of carbonyl (C=O) groups excluding carboxylic acids is 1. The molecule has 1 unspecified atom stereocenters. The first-order valence-electron chi connectivity index (χ1n) is 7.16. The average Bonchev–Trinajstić information content (AvgIpc) is 2.38. The highest BCUT2D eigenvalue weighted by molar-refractivity contribution is 7.99. The van der Waals surface area contributed by atoms with Gasteiger partial charge in [-0.2, -0.15) is 11.8 Å². The van der Waals surface area contributed by atoms with Gasteiger partial charge in [-0.05, 0) is 19.1 Å². The van der Waals surface area contributed by atoms with E-state index in [9.17, 15) is 9.90 Å². The Labute approximate surface area is 121 Å². The van der Waals surface area contributed by atoms with Crippen LogP contribution < -0.4 is 0 Å². The largest absolute Gasteiger partial charge is 0.460 e. The van der Waals surface area contributed by atoms with E-state index in [0.717, 1.165) is 5.75 Å². The molecule has 0 radical (unpaired) electrons. The maximum absolute atomic E-state index is 11.1. The minimum atomic E-state index is -0.576. The molecule has 0 fully saturated rings. The highest BCUT2D eigenvalue weighted by Gasteiger charge is 2.09. The molecular formula is C15H28O3S. The Bertz CT molecular complexity index is 254. The van der Waals surface area contributed by atoms with Gasteiger partial charge in [0, 0.05) is 11.3 Å². The van der Waals surface area contributed by atoms with E-state index in [1.165, 1.54) is 38.5 Å². The van der Waals surface area contributed by atoms with Gasteiger partial charge >= 0.3 is 5.97 Å². The lowest BCUT2D eigenvalue weighted by atomic mass is 10.1. The summed E-state index contributed by atoms with van der Waals surface area (Å²) in [6.07, 6.45) is 7.16. The fraction of sp³-hybridized carbons (Fsp3) is 0.800. The number of hydrogen-bond donors (Lipinski definition) is 1. The molecule has 1 atom stereocenters. The molecule has 112 valence electrons. The van der Waals surface area contributed by atoms with Crippen LogP contribution in [0.1, 0.15) is 52.4 Å². The van der Waals surface area contributed by atoms with Crippen LogP contribution in [0.15, 0.2) is 12.2 Å². The van der Waals surface area contributed by atoms with Crippen molar-refractivity contribution in [1.82, 2.24) is 0 Å². The van der Waals surface area contributed by atoms with Crippen molar-refractivity contribution in [3.05, 3.63) is 12.2 Å². The maximum atomic E-state index is 11.1. The Kier molecular flexibility index (Phi) is 12.2. The van der Waals surface area contributed by atoms with E-state index >= 15 is 0 Å². The van der Waals surface area contributed by atoms with Gasteiger partial charge in [-0.15, -0.1) is 0 Å². The second-order valence-electron chi connectivity index (χ2n) is 4.88. The zero-order chi connectivity index (χ0) is 14.5. The summed E-state index contributed by atoms with van der Waals surface area (Å²) in [6, 6.07) is 0. The number of thioether (sulfide) groups is 1. The Morgan fingerprint density at radius 1 is 1.26 bits per heavy atom. The van der Waals surface area contributed by atoms with Crippen molar-refractivity contribution in [1.29, 1.82) is 0 Å². The number of rotatable bonds is 12. The molecule has 0 aromatic rings. The molecule has 0 rings (SSSR count). The predicted octanol–water partition coefficient (Wildman–Crippen LogP) is 3.56. The normalized spacial score (nSPS) is 12.2. The van der Waals surface area contributed by atoms with Crippen molar-refractivity contribution in [2.24, 2.45) is 0 Å². The minimum Gasteiger partial charge on any atom is -0.460 e. The lowest BCUT2D eigenvalue weighted by Crippen LogP contribution is -2.21. The van der Waals surface area contributed by atoms with Crippen LogP contribution in [-0.4, -0.2) is 35.3 Å². The number of aliphatic hydroxyl groups is 1. The van der Waals surface area contributed by atoms with Crippen LogP contribution in [-0.2, 0) is 9.53 Å². The van der Waals surface area contributed by atoms with E-state index in [1.54, 1.807) is 18.7 Å². The number of carbonyl (C=O) groups is 1. The van der Waals surface area contributed by atoms with Crippen molar-refractivity contribution in [2.75, 3.05) is 18.1 Å². The third kappa shape index (κ3) is 12.3. The molecule has 0 aromatic heterocycles. The van der Waals surface area contributed by atoms with Gasteiger partial charge in [-0.3, -0.25) is 0 Å². The Hall–Kier alpha value is -0.480. The summed E-state index contributed by atoms with van der Waals surface area (Å²) < 4.78 is 4.89. The number of hydrogen-bond acceptors (Lipinski definition) is 4. The van der Waals surface area contributed by atoms with E-state index in [1.807, 2.05) is 0 Å². The van der Waals surface area contributed by atoms with Crippen LogP contribution >= 0.6 is 11.8 Å². The van der Waals surface area contributed by atoms with Crippen molar-refractivity contribution < 1.29 is 14.6 Å². The summed E-state index contributed by atoms with van der Waals surface area (Å²) in [6.45, 7) is 7.37. The lowest BCUT2D eigenvalue weighted by Gasteiger charge is -2.11. The quantitative estimate of drug-likeness (QED) is 0.339. The van der Waals surface area contributed by atoms with E-state index in [2.05, 4.69) is 13.5 Å². The molecule has 0 aliphatic carbocycles.